The van der Waals surface area contributed by atoms with E-state index in [0.717, 1.165) is 23.9 Å². The molecule has 21 heavy (non-hydrogen) atoms. The van der Waals surface area contributed by atoms with Crippen molar-refractivity contribution < 1.29 is 4.52 Å². The fourth-order valence-electron chi connectivity index (χ4n) is 3.22. The summed E-state index contributed by atoms with van der Waals surface area (Å²) in [6.45, 7) is 4.60. The van der Waals surface area contributed by atoms with Crippen LogP contribution in [0.1, 0.15) is 62.4 Å². The highest BCUT2D eigenvalue weighted by Gasteiger charge is 2.33. The van der Waals surface area contributed by atoms with E-state index < -0.39 is 0 Å². The Labute approximate surface area is 135 Å². The Morgan fingerprint density at radius 2 is 2.00 bits per heavy atom. The highest BCUT2D eigenvalue weighted by molar-refractivity contribution is 8.07. The molecule has 118 valence electrons. The molecule has 1 aromatic heterocycles. The van der Waals surface area contributed by atoms with Crippen LogP contribution in [-0.4, -0.2) is 39.5 Å². The first-order valence-electron chi connectivity index (χ1n) is 7.97. The third-order valence-electron chi connectivity index (χ3n) is 4.75. The van der Waals surface area contributed by atoms with Gasteiger partial charge in [-0.3, -0.25) is 0 Å². The molecule has 4 nitrogen and oxygen atoms in total. The standard InChI is InChI=1S/C15H25N3OS2/c1-9-10(2)21-13(8-20-9)14-17-15(19-18-14)11-6-4-5-7-12(11)16-3/h9-13,16H,4-8H2,1-3H3. The molecule has 6 heteroatoms. The summed E-state index contributed by atoms with van der Waals surface area (Å²) in [4.78, 5) is 4.76. The van der Waals surface area contributed by atoms with Crippen molar-refractivity contribution in [3.05, 3.63) is 11.7 Å². The predicted molar refractivity (Wildman–Crippen MR) is 90.1 cm³/mol. The zero-order valence-corrected chi connectivity index (χ0v) is 14.7. The molecule has 5 atom stereocenters. The second kappa shape index (κ2) is 6.92. The highest BCUT2D eigenvalue weighted by atomic mass is 32.2. The SMILES string of the molecule is CNC1CCCCC1c1nc(C2CSC(C)C(C)S2)no1. The van der Waals surface area contributed by atoms with Crippen molar-refractivity contribution in [3.63, 3.8) is 0 Å². The number of aromatic nitrogens is 2. The van der Waals surface area contributed by atoms with Crippen molar-refractivity contribution in [2.75, 3.05) is 12.8 Å². The number of nitrogens with one attached hydrogen (secondary N) is 1. The minimum absolute atomic E-state index is 0.385. The van der Waals surface area contributed by atoms with E-state index in [1.807, 2.05) is 30.6 Å². The molecule has 1 aromatic rings. The zero-order chi connectivity index (χ0) is 14.8. The van der Waals surface area contributed by atoms with Crippen LogP contribution in [0.3, 0.4) is 0 Å². The van der Waals surface area contributed by atoms with Crippen molar-refractivity contribution in [1.29, 1.82) is 0 Å². The van der Waals surface area contributed by atoms with Crippen LogP contribution in [0.2, 0.25) is 0 Å². The van der Waals surface area contributed by atoms with Gasteiger partial charge in [0.25, 0.3) is 0 Å². The minimum Gasteiger partial charge on any atom is -0.339 e. The fraction of sp³-hybridized carbons (Fsp3) is 0.867. The van der Waals surface area contributed by atoms with Crippen LogP contribution in [0.4, 0.5) is 0 Å². The molecule has 0 spiro atoms. The monoisotopic (exact) mass is 327 g/mol. The minimum atomic E-state index is 0.385. The van der Waals surface area contributed by atoms with Crippen LogP contribution in [-0.2, 0) is 0 Å². The first-order valence-corrected chi connectivity index (χ1v) is 9.96. The van der Waals surface area contributed by atoms with Gasteiger partial charge in [0.05, 0.1) is 11.2 Å². The third kappa shape index (κ3) is 3.42. The van der Waals surface area contributed by atoms with Gasteiger partial charge in [0.15, 0.2) is 5.82 Å². The number of hydrogen-bond donors (Lipinski definition) is 1. The Morgan fingerprint density at radius 1 is 1.19 bits per heavy atom. The molecular weight excluding hydrogens is 302 g/mol. The zero-order valence-electron chi connectivity index (χ0n) is 13.0. The number of thioether (sulfide) groups is 2. The lowest BCUT2D eigenvalue weighted by Gasteiger charge is -2.29. The average Bonchev–Trinajstić information content (AvgIpc) is 2.99. The molecule has 1 saturated heterocycles. The van der Waals surface area contributed by atoms with Crippen molar-refractivity contribution in [3.8, 4) is 0 Å². The van der Waals surface area contributed by atoms with Crippen molar-refractivity contribution in [1.82, 2.24) is 15.5 Å². The van der Waals surface area contributed by atoms with Crippen LogP contribution in [0.25, 0.3) is 0 Å². The van der Waals surface area contributed by atoms with Gasteiger partial charge in [-0.1, -0.05) is 31.8 Å². The van der Waals surface area contributed by atoms with Gasteiger partial charge < -0.3 is 9.84 Å². The van der Waals surface area contributed by atoms with Gasteiger partial charge in [-0.25, -0.2) is 0 Å². The fourth-order valence-corrected chi connectivity index (χ4v) is 6.05. The van der Waals surface area contributed by atoms with Gasteiger partial charge in [0, 0.05) is 22.3 Å². The molecule has 0 amide bonds. The predicted octanol–water partition coefficient (Wildman–Crippen LogP) is 3.61. The van der Waals surface area contributed by atoms with Gasteiger partial charge in [-0.15, -0.1) is 11.8 Å². The number of hydrogen-bond acceptors (Lipinski definition) is 6. The summed E-state index contributed by atoms with van der Waals surface area (Å²) < 4.78 is 5.63. The maximum atomic E-state index is 5.63. The third-order valence-corrected chi connectivity index (χ3v) is 8.14. The van der Waals surface area contributed by atoms with Crippen molar-refractivity contribution >= 4 is 23.5 Å². The van der Waals surface area contributed by atoms with Crippen LogP contribution in [0.15, 0.2) is 4.52 Å². The van der Waals surface area contributed by atoms with Crippen LogP contribution >= 0.6 is 23.5 Å². The molecule has 2 fully saturated rings. The topological polar surface area (TPSA) is 51.0 Å². The summed E-state index contributed by atoms with van der Waals surface area (Å²) in [5, 5.41) is 9.46. The van der Waals surface area contributed by atoms with Gasteiger partial charge in [0.2, 0.25) is 5.89 Å². The molecule has 0 aromatic carbocycles. The van der Waals surface area contributed by atoms with Gasteiger partial charge >= 0.3 is 0 Å². The maximum absolute atomic E-state index is 5.63. The van der Waals surface area contributed by atoms with Gasteiger partial charge in [-0.05, 0) is 19.9 Å². The molecule has 1 N–H and O–H groups in total. The number of rotatable bonds is 3. The molecule has 0 bridgehead atoms. The smallest absolute Gasteiger partial charge is 0.231 e. The average molecular weight is 328 g/mol. The first-order chi connectivity index (χ1) is 10.2. The first kappa shape index (κ1) is 15.7. The van der Waals surface area contributed by atoms with E-state index in [1.54, 1.807) is 0 Å². The normalized spacial score (nSPS) is 37.6. The van der Waals surface area contributed by atoms with Crippen LogP contribution < -0.4 is 5.32 Å². The molecular formula is C15H25N3OS2. The summed E-state index contributed by atoms with van der Waals surface area (Å²) in [7, 11) is 2.04. The van der Waals surface area contributed by atoms with E-state index in [-0.39, 0.29) is 0 Å². The number of nitrogens with zero attached hydrogens (tertiary/aromatic N) is 2. The van der Waals surface area contributed by atoms with E-state index >= 15 is 0 Å². The molecule has 2 aliphatic rings. The summed E-state index contributed by atoms with van der Waals surface area (Å²) in [6.07, 6.45) is 4.94. The highest BCUT2D eigenvalue weighted by Crippen LogP contribution is 2.43. The Bertz CT molecular complexity index is 468. The molecule has 1 aliphatic heterocycles. The van der Waals surface area contributed by atoms with Gasteiger partial charge in [0.1, 0.15) is 0 Å². The van der Waals surface area contributed by atoms with E-state index in [4.69, 9.17) is 9.51 Å². The van der Waals surface area contributed by atoms with E-state index in [1.165, 1.54) is 19.3 Å². The molecule has 2 heterocycles. The Hall–Kier alpha value is -0.200. The summed E-state index contributed by atoms with van der Waals surface area (Å²) >= 11 is 4.02. The molecule has 1 aliphatic carbocycles. The largest absolute Gasteiger partial charge is 0.339 e. The molecule has 0 radical (unpaired) electrons. The Kier molecular flexibility index (Phi) is 5.17. The molecule has 5 unspecified atom stereocenters. The summed E-state index contributed by atoms with van der Waals surface area (Å²) in [5.41, 5.74) is 0. The van der Waals surface area contributed by atoms with E-state index in [9.17, 15) is 0 Å². The lowest BCUT2D eigenvalue weighted by Crippen LogP contribution is -2.34. The van der Waals surface area contributed by atoms with E-state index in [0.29, 0.717) is 27.7 Å². The summed E-state index contributed by atoms with van der Waals surface area (Å²) in [6, 6.07) is 0.486. The van der Waals surface area contributed by atoms with E-state index in [2.05, 4.69) is 24.3 Å². The second-order valence-corrected chi connectivity index (χ2v) is 9.14. The van der Waals surface area contributed by atoms with Crippen LogP contribution in [0, 0.1) is 0 Å². The maximum Gasteiger partial charge on any atom is 0.231 e. The Balaban J connectivity index is 1.71. The van der Waals surface area contributed by atoms with Gasteiger partial charge in [-0.2, -0.15) is 16.7 Å². The second-order valence-electron chi connectivity index (χ2n) is 6.15. The Morgan fingerprint density at radius 3 is 2.76 bits per heavy atom. The quantitative estimate of drug-likeness (QED) is 0.915. The van der Waals surface area contributed by atoms with Crippen LogP contribution in [0.5, 0.6) is 0 Å². The van der Waals surface area contributed by atoms with Crippen molar-refractivity contribution in [2.45, 2.75) is 67.2 Å². The molecule has 3 rings (SSSR count). The number of likely N-dealkylation sites (N-methyl/N-ethyl adjacent to an activating group) is 1. The summed E-state index contributed by atoms with van der Waals surface area (Å²) in [5.74, 6) is 3.24. The lowest BCUT2D eigenvalue weighted by molar-refractivity contribution is 0.269. The lowest BCUT2D eigenvalue weighted by atomic mass is 9.84. The van der Waals surface area contributed by atoms with Crippen molar-refractivity contribution in [2.24, 2.45) is 0 Å². The molecule has 1 saturated carbocycles.